The lowest BCUT2D eigenvalue weighted by molar-refractivity contribution is -0.150. The van der Waals surface area contributed by atoms with Crippen molar-refractivity contribution in [3.63, 3.8) is 0 Å². The molecule has 2 aromatic rings. The van der Waals surface area contributed by atoms with Gasteiger partial charge in [0.05, 0.1) is 12.3 Å². The van der Waals surface area contributed by atoms with Crippen LogP contribution < -0.4 is 15.2 Å². The van der Waals surface area contributed by atoms with Crippen molar-refractivity contribution in [1.29, 1.82) is 0 Å². The van der Waals surface area contributed by atoms with E-state index in [-0.39, 0.29) is 12.2 Å². The summed E-state index contributed by atoms with van der Waals surface area (Å²) in [5, 5.41) is 1.19. The molecule has 1 atom stereocenters. The number of ether oxygens (including phenoxy) is 2. The first-order valence-corrected chi connectivity index (χ1v) is 8.85. The van der Waals surface area contributed by atoms with Crippen molar-refractivity contribution in [2.24, 2.45) is 0 Å². The Labute approximate surface area is 162 Å². The molecule has 1 saturated heterocycles. The fourth-order valence-electron chi connectivity index (χ4n) is 2.68. The first kappa shape index (κ1) is 19.2. The number of hydrogen-bond acceptors (Lipinski definition) is 5. The van der Waals surface area contributed by atoms with Crippen molar-refractivity contribution in [3.05, 3.63) is 65.7 Å². The van der Waals surface area contributed by atoms with Crippen molar-refractivity contribution in [2.75, 3.05) is 11.6 Å². The largest absolute Gasteiger partial charge is 0.478 e. The van der Waals surface area contributed by atoms with E-state index in [4.69, 9.17) is 9.47 Å². The Bertz CT molecular complexity index is 923. The van der Waals surface area contributed by atoms with E-state index in [0.29, 0.717) is 17.0 Å². The first-order valence-electron chi connectivity index (χ1n) is 8.85. The van der Waals surface area contributed by atoms with Gasteiger partial charge in [-0.3, -0.25) is 15.0 Å². The van der Waals surface area contributed by atoms with Gasteiger partial charge in [-0.05, 0) is 38.1 Å². The topological polar surface area (TPSA) is 84.9 Å². The van der Waals surface area contributed by atoms with Crippen LogP contribution >= 0.6 is 0 Å². The highest BCUT2D eigenvalue weighted by Gasteiger charge is 2.34. The molecule has 1 aliphatic rings. The third-order valence-corrected chi connectivity index (χ3v) is 4.05. The lowest BCUT2D eigenvalue weighted by Gasteiger charge is -2.15. The molecule has 1 fully saturated rings. The van der Waals surface area contributed by atoms with E-state index < -0.39 is 23.9 Å². The van der Waals surface area contributed by atoms with Crippen LogP contribution in [0.5, 0.6) is 5.75 Å². The van der Waals surface area contributed by atoms with Gasteiger partial charge in [0.25, 0.3) is 11.8 Å². The zero-order valence-corrected chi connectivity index (χ0v) is 15.5. The van der Waals surface area contributed by atoms with Crippen LogP contribution in [-0.2, 0) is 19.1 Å². The van der Waals surface area contributed by atoms with Gasteiger partial charge in [0.2, 0.25) is 0 Å². The molecule has 3 rings (SSSR count). The van der Waals surface area contributed by atoms with Gasteiger partial charge in [0, 0.05) is 5.56 Å². The van der Waals surface area contributed by atoms with Crippen LogP contribution in [0, 0.1) is 0 Å². The molecule has 0 radical (unpaired) electrons. The van der Waals surface area contributed by atoms with Gasteiger partial charge in [-0.1, -0.05) is 36.4 Å². The van der Waals surface area contributed by atoms with E-state index in [9.17, 15) is 14.4 Å². The molecule has 0 aromatic heterocycles. The second-order valence-electron chi connectivity index (χ2n) is 6.03. The Hall–Kier alpha value is -3.61. The van der Waals surface area contributed by atoms with Gasteiger partial charge in [-0.25, -0.2) is 9.80 Å². The minimum Gasteiger partial charge on any atom is -0.478 e. The number of anilines is 1. The monoisotopic (exact) mass is 380 g/mol. The minimum atomic E-state index is -0.826. The first-order chi connectivity index (χ1) is 13.5. The number of hydrazine groups is 1. The van der Waals surface area contributed by atoms with Crippen molar-refractivity contribution in [2.45, 2.75) is 20.0 Å². The van der Waals surface area contributed by atoms with Crippen molar-refractivity contribution in [3.8, 4) is 5.75 Å². The van der Waals surface area contributed by atoms with E-state index in [1.165, 1.54) is 11.1 Å². The molecule has 7 heteroatoms. The number of rotatable bonds is 6. The highest BCUT2D eigenvalue weighted by atomic mass is 16.6. The van der Waals surface area contributed by atoms with Crippen LogP contribution in [0.1, 0.15) is 19.4 Å². The van der Waals surface area contributed by atoms with Crippen molar-refractivity contribution in [1.82, 2.24) is 5.43 Å². The third-order valence-electron chi connectivity index (χ3n) is 4.05. The van der Waals surface area contributed by atoms with Crippen molar-refractivity contribution < 1.29 is 23.9 Å². The highest BCUT2D eigenvalue weighted by molar-refractivity contribution is 6.31. The van der Waals surface area contributed by atoms with E-state index in [1.807, 2.05) is 6.07 Å². The summed E-state index contributed by atoms with van der Waals surface area (Å²) in [6, 6.07) is 15.7. The predicted molar refractivity (Wildman–Crippen MR) is 103 cm³/mol. The summed E-state index contributed by atoms with van der Waals surface area (Å²) in [6.45, 7) is 3.54. The summed E-state index contributed by atoms with van der Waals surface area (Å²) in [5.74, 6) is -1.10. The molecule has 0 unspecified atom stereocenters. The Balaban J connectivity index is 1.86. The number of amides is 2. The van der Waals surface area contributed by atoms with Crippen LogP contribution in [0.2, 0.25) is 0 Å². The zero-order valence-electron chi connectivity index (χ0n) is 15.5. The van der Waals surface area contributed by atoms with Crippen LogP contribution in [0.3, 0.4) is 0 Å². The van der Waals surface area contributed by atoms with Gasteiger partial charge < -0.3 is 9.47 Å². The minimum absolute atomic E-state index is 0.0244. The Morgan fingerprint density at radius 2 is 1.79 bits per heavy atom. The average molecular weight is 380 g/mol. The molecule has 2 aromatic carbocycles. The maximum atomic E-state index is 12.7. The molecule has 1 aliphatic heterocycles. The van der Waals surface area contributed by atoms with E-state index in [0.717, 1.165) is 0 Å². The number of esters is 1. The van der Waals surface area contributed by atoms with Gasteiger partial charge in [0.1, 0.15) is 11.3 Å². The molecule has 7 nitrogen and oxygen atoms in total. The number of hydrogen-bond donors (Lipinski definition) is 1. The number of nitrogens with one attached hydrogen (secondary N) is 1. The average Bonchev–Trinajstić information content (AvgIpc) is 2.98. The summed E-state index contributed by atoms with van der Waals surface area (Å²) in [5.41, 5.74) is 3.59. The molecule has 144 valence electrons. The standard InChI is InChI=1S/C21H20N2O5/c1-3-27-21(26)14(2)28-18-12-8-7-9-15(18)13-17-19(24)22-23(20(17)25)16-10-5-4-6-11-16/h4-14H,3H2,1-2H3,(H,22,24)/b17-13-/t14-/m0/s1. The second kappa shape index (κ2) is 8.39. The lowest BCUT2D eigenvalue weighted by atomic mass is 10.1. The molecule has 1 N–H and O–H groups in total. The molecule has 0 saturated carbocycles. The predicted octanol–water partition coefficient (Wildman–Crippen LogP) is 2.48. The number of carbonyl (C=O) groups is 3. The van der Waals surface area contributed by atoms with Crippen LogP contribution in [0.15, 0.2) is 60.2 Å². The fraction of sp³-hybridized carbons (Fsp3) is 0.190. The molecule has 2 amide bonds. The number of nitrogens with zero attached hydrogens (tertiary/aromatic N) is 1. The zero-order chi connectivity index (χ0) is 20.1. The molecule has 28 heavy (non-hydrogen) atoms. The maximum absolute atomic E-state index is 12.7. The van der Waals surface area contributed by atoms with Gasteiger partial charge in [-0.2, -0.15) is 0 Å². The Morgan fingerprint density at radius 1 is 1.11 bits per heavy atom. The smallest absolute Gasteiger partial charge is 0.347 e. The normalized spacial score (nSPS) is 16.1. The molecular weight excluding hydrogens is 360 g/mol. The summed E-state index contributed by atoms with van der Waals surface area (Å²) in [7, 11) is 0. The molecule has 0 spiro atoms. The Kier molecular flexibility index (Phi) is 5.74. The quantitative estimate of drug-likeness (QED) is 0.473. The van der Waals surface area contributed by atoms with Gasteiger partial charge >= 0.3 is 5.97 Å². The molecule has 1 heterocycles. The van der Waals surface area contributed by atoms with Crippen LogP contribution in [-0.4, -0.2) is 30.5 Å². The van der Waals surface area contributed by atoms with Gasteiger partial charge in [-0.15, -0.1) is 0 Å². The van der Waals surface area contributed by atoms with Gasteiger partial charge in [0.15, 0.2) is 6.10 Å². The molecule has 0 aliphatic carbocycles. The summed E-state index contributed by atoms with van der Waals surface area (Å²) in [4.78, 5) is 36.9. The van der Waals surface area contributed by atoms with E-state index >= 15 is 0 Å². The molecule has 0 bridgehead atoms. The van der Waals surface area contributed by atoms with Crippen molar-refractivity contribution >= 4 is 29.5 Å². The maximum Gasteiger partial charge on any atom is 0.347 e. The number of carbonyl (C=O) groups excluding carboxylic acids is 3. The number of para-hydroxylation sites is 2. The van der Waals surface area contributed by atoms with Crippen LogP contribution in [0.4, 0.5) is 5.69 Å². The summed E-state index contributed by atoms with van der Waals surface area (Å²) in [6.07, 6.45) is 0.627. The third kappa shape index (κ3) is 4.03. The number of benzene rings is 2. The van der Waals surface area contributed by atoms with E-state index in [1.54, 1.807) is 62.4 Å². The summed E-state index contributed by atoms with van der Waals surface area (Å²) < 4.78 is 10.6. The SMILES string of the molecule is CCOC(=O)[C@H](C)Oc1ccccc1/C=C1/C(=O)NN(c2ccccc2)C1=O. The van der Waals surface area contributed by atoms with Crippen LogP contribution in [0.25, 0.3) is 6.08 Å². The Morgan fingerprint density at radius 3 is 2.50 bits per heavy atom. The fourth-order valence-corrected chi connectivity index (χ4v) is 2.68. The second-order valence-corrected chi connectivity index (χ2v) is 6.03. The lowest BCUT2D eigenvalue weighted by Crippen LogP contribution is -2.35. The highest BCUT2D eigenvalue weighted by Crippen LogP contribution is 2.26. The van der Waals surface area contributed by atoms with E-state index in [2.05, 4.69) is 5.43 Å². The summed E-state index contributed by atoms with van der Waals surface area (Å²) >= 11 is 0. The molecular formula is C21H20N2O5.